The molecule has 2 atom stereocenters. The van der Waals surface area contributed by atoms with E-state index in [9.17, 15) is 18.0 Å². The highest BCUT2D eigenvalue weighted by Gasteiger charge is 2.36. The van der Waals surface area contributed by atoms with Crippen molar-refractivity contribution in [3.05, 3.63) is 29.8 Å². The summed E-state index contributed by atoms with van der Waals surface area (Å²) in [5, 5.41) is 3.04. The molecule has 0 radical (unpaired) electrons. The van der Waals surface area contributed by atoms with E-state index in [0.717, 1.165) is 24.8 Å². The number of sulfonamides is 1. The van der Waals surface area contributed by atoms with Crippen LogP contribution in [0.3, 0.4) is 0 Å². The second-order valence-corrected chi connectivity index (χ2v) is 11.5. The quantitative estimate of drug-likeness (QED) is 0.506. The highest BCUT2D eigenvalue weighted by Crippen LogP contribution is 2.20. The Labute approximate surface area is 198 Å². The van der Waals surface area contributed by atoms with Gasteiger partial charge in [0.1, 0.15) is 6.04 Å². The minimum Gasteiger partial charge on any atom is -0.376 e. The van der Waals surface area contributed by atoms with Gasteiger partial charge >= 0.3 is 0 Å². The number of hydrogen-bond acceptors (Lipinski definition) is 5. The third-order valence-corrected chi connectivity index (χ3v) is 7.49. The zero-order valence-corrected chi connectivity index (χ0v) is 21.5. The molecule has 1 aliphatic heterocycles. The standard InChI is InChI=1S/C24H39N3O5S/c1-7-24(5,6)26-23(29)22(17(2)3)27(16-19-9-8-14-32-19)21(28)15-25-33(30,31)20-12-10-18(4)11-13-20/h10-13,17,19,22,25H,7-9,14-16H2,1-6H3,(H,26,29)/t19-,22+/m1/s1. The highest BCUT2D eigenvalue weighted by molar-refractivity contribution is 7.89. The van der Waals surface area contributed by atoms with Crippen molar-refractivity contribution >= 4 is 21.8 Å². The van der Waals surface area contributed by atoms with Crippen molar-refractivity contribution < 1.29 is 22.7 Å². The van der Waals surface area contributed by atoms with E-state index in [1.807, 2.05) is 41.5 Å². The third-order valence-electron chi connectivity index (χ3n) is 6.07. The molecule has 0 bridgehead atoms. The molecule has 0 saturated carbocycles. The number of aryl methyl sites for hydroxylation is 1. The summed E-state index contributed by atoms with van der Waals surface area (Å²) in [7, 11) is -3.86. The van der Waals surface area contributed by atoms with Crippen LogP contribution in [0, 0.1) is 12.8 Å². The molecule has 1 aliphatic rings. The maximum Gasteiger partial charge on any atom is 0.243 e. The van der Waals surface area contributed by atoms with Gasteiger partial charge in [-0.15, -0.1) is 0 Å². The van der Waals surface area contributed by atoms with E-state index < -0.39 is 34.1 Å². The maximum atomic E-state index is 13.3. The molecule has 0 aromatic heterocycles. The summed E-state index contributed by atoms with van der Waals surface area (Å²) in [6.07, 6.45) is 2.26. The average molecular weight is 482 g/mol. The molecule has 0 unspecified atom stereocenters. The van der Waals surface area contributed by atoms with Crippen LogP contribution >= 0.6 is 0 Å². The molecule has 0 aliphatic carbocycles. The van der Waals surface area contributed by atoms with E-state index in [1.165, 1.54) is 17.0 Å². The lowest BCUT2D eigenvalue weighted by Gasteiger charge is -2.37. The summed E-state index contributed by atoms with van der Waals surface area (Å²) in [6.45, 7) is 11.9. The molecule has 2 N–H and O–H groups in total. The Balaban J connectivity index is 2.23. The van der Waals surface area contributed by atoms with Crippen molar-refractivity contribution in [3.63, 3.8) is 0 Å². The molecule has 1 heterocycles. The van der Waals surface area contributed by atoms with Gasteiger partial charge in [-0.3, -0.25) is 9.59 Å². The smallest absolute Gasteiger partial charge is 0.243 e. The normalized spacial score (nSPS) is 17.7. The molecule has 1 fully saturated rings. The summed E-state index contributed by atoms with van der Waals surface area (Å²) in [5.41, 5.74) is 0.518. The zero-order valence-electron chi connectivity index (χ0n) is 20.7. The monoisotopic (exact) mass is 481 g/mol. The molecule has 33 heavy (non-hydrogen) atoms. The molecule has 1 saturated heterocycles. The number of amides is 2. The zero-order chi connectivity index (χ0) is 24.8. The predicted octanol–water partition coefficient (Wildman–Crippen LogP) is 2.61. The van der Waals surface area contributed by atoms with Crippen molar-refractivity contribution in [2.75, 3.05) is 19.7 Å². The number of rotatable bonds is 11. The van der Waals surface area contributed by atoms with Crippen molar-refractivity contribution in [1.82, 2.24) is 14.9 Å². The molecule has 0 spiro atoms. The summed E-state index contributed by atoms with van der Waals surface area (Å²) in [6, 6.07) is 5.67. The fourth-order valence-corrected chi connectivity index (χ4v) is 4.71. The number of carbonyl (C=O) groups excluding carboxylic acids is 2. The van der Waals surface area contributed by atoms with Crippen molar-refractivity contribution in [2.45, 2.75) is 83.4 Å². The largest absolute Gasteiger partial charge is 0.376 e. The van der Waals surface area contributed by atoms with Gasteiger partial charge in [-0.25, -0.2) is 13.1 Å². The second kappa shape index (κ2) is 11.4. The molecule has 1 aromatic carbocycles. The van der Waals surface area contributed by atoms with Gasteiger partial charge in [-0.2, -0.15) is 0 Å². The fraction of sp³-hybridized carbons (Fsp3) is 0.667. The van der Waals surface area contributed by atoms with Gasteiger partial charge in [0.25, 0.3) is 0 Å². The Morgan fingerprint density at radius 3 is 2.36 bits per heavy atom. The van der Waals surface area contributed by atoms with Crippen LogP contribution in [0.5, 0.6) is 0 Å². The Morgan fingerprint density at radius 1 is 1.21 bits per heavy atom. The first-order chi connectivity index (χ1) is 15.4. The number of nitrogens with zero attached hydrogens (tertiary/aromatic N) is 1. The van der Waals surface area contributed by atoms with E-state index in [4.69, 9.17) is 4.74 Å². The van der Waals surface area contributed by atoms with Gasteiger partial charge in [-0.05, 0) is 58.1 Å². The summed E-state index contributed by atoms with van der Waals surface area (Å²) in [4.78, 5) is 28.1. The Kier molecular flexibility index (Phi) is 9.46. The Hall–Kier alpha value is -1.97. The average Bonchev–Trinajstić information content (AvgIpc) is 3.24. The molecular weight excluding hydrogens is 442 g/mol. The van der Waals surface area contributed by atoms with E-state index in [-0.39, 0.29) is 29.4 Å². The third kappa shape index (κ3) is 7.79. The van der Waals surface area contributed by atoms with Gasteiger partial charge in [0.15, 0.2) is 0 Å². The highest BCUT2D eigenvalue weighted by atomic mass is 32.2. The molecule has 2 amide bonds. The van der Waals surface area contributed by atoms with Gasteiger partial charge in [0.05, 0.1) is 17.5 Å². The summed E-state index contributed by atoms with van der Waals surface area (Å²) < 4.78 is 33.5. The van der Waals surface area contributed by atoms with Crippen molar-refractivity contribution in [2.24, 2.45) is 5.92 Å². The van der Waals surface area contributed by atoms with Crippen LogP contribution in [0.15, 0.2) is 29.2 Å². The molecule has 2 rings (SSSR count). The van der Waals surface area contributed by atoms with Crippen LogP contribution in [0.25, 0.3) is 0 Å². The summed E-state index contributed by atoms with van der Waals surface area (Å²) >= 11 is 0. The maximum absolute atomic E-state index is 13.3. The van der Waals surface area contributed by atoms with Gasteiger partial charge < -0.3 is 15.0 Å². The molecule has 8 nitrogen and oxygen atoms in total. The second-order valence-electron chi connectivity index (χ2n) is 9.73. The van der Waals surface area contributed by atoms with E-state index >= 15 is 0 Å². The van der Waals surface area contributed by atoms with Crippen LogP contribution in [0.4, 0.5) is 0 Å². The number of benzene rings is 1. The molecular formula is C24H39N3O5S. The molecule has 186 valence electrons. The number of nitrogens with one attached hydrogen (secondary N) is 2. The van der Waals surface area contributed by atoms with E-state index in [0.29, 0.717) is 6.61 Å². The van der Waals surface area contributed by atoms with Crippen LogP contribution < -0.4 is 10.0 Å². The lowest BCUT2D eigenvalue weighted by atomic mass is 9.96. The topological polar surface area (TPSA) is 105 Å². The summed E-state index contributed by atoms with van der Waals surface area (Å²) in [5.74, 6) is -0.870. The van der Waals surface area contributed by atoms with Crippen LogP contribution in [-0.2, 0) is 24.3 Å². The van der Waals surface area contributed by atoms with Crippen molar-refractivity contribution in [3.8, 4) is 0 Å². The number of carbonyl (C=O) groups is 2. The van der Waals surface area contributed by atoms with Crippen molar-refractivity contribution in [1.29, 1.82) is 0 Å². The fourth-order valence-electron chi connectivity index (χ4n) is 3.74. The molecule has 1 aromatic rings. The van der Waals surface area contributed by atoms with E-state index in [2.05, 4.69) is 10.0 Å². The molecule has 9 heteroatoms. The predicted molar refractivity (Wildman–Crippen MR) is 128 cm³/mol. The van der Waals surface area contributed by atoms with Gasteiger partial charge in [-0.1, -0.05) is 38.5 Å². The first-order valence-electron chi connectivity index (χ1n) is 11.7. The lowest BCUT2D eigenvalue weighted by molar-refractivity contribution is -0.144. The number of ether oxygens (including phenoxy) is 1. The first-order valence-corrected chi connectivity index (χ1v) is 13.1. The Morgan fingerprint density at radius 2 is 1.85 bits per heavy atom. The van der Waals surface area contributed by atoms with E-state index in [1.54, 1.807) is 12.1 Å². The number of hydrogen-bond donors (Lipinski definition) is 2. The Bertz CT molecular complexity index is 907. The lowest BCUT2D eigenvalue weighted by Crippen LogP contribution is -2.59. The minimum absolute atomic E-state index is 0.0921. The van der Waals surface area contributed by atoms with Crippen LogP contribution in [0.2, 0.25) is 0 Å². The minimum atomic E-state index is -3.86. The van der Waals surface area contributed by atoms with Gasteiger partial charge in [0.2, 0.25) is 21.8 Å². The van der Waals surface area contributed by atoms with Crippen LogP contribution in [-0.4, -0.2) is 62.5 Å². The SMILES string of the molecule is CCC(C)(C)NC(=O)[C@H](C(C)C)N(C[C@H]1CCCO1)C(=O)CNS(=O)(=O)c1ccc(C)cc1. The van der Waals surface area contributed by atoms with Gasteiger partial charge in [0, 0.05) is 18.7 Å². The first kappa shape index (κ1) is 27.3. The van der Waals surface area contributed by atoms with Crippen LogP contribution in [0.1, 0.15) is 59.4 Å².